The van der Waals surface area contributed by atoms with E-state index in [2.05, 4.69) is 16.2 Å². The summed E-state index contributed by atoms with van der Waals surface area (Å²) >= 11 is 0. The van der Waals surface area contributed by atoms with Gasteiger partial charge in [-0.3, -0.25) is 14.6 Å². The van der Waals surface area contributed by atoms with Gasteiger partial charge in [0.2, 0.25) is 5.92 Å². The van der Waals surface area contributed by atoms with E-state index in [4.69, 9.17) is 6.42 Å². The number of hydrogen-bond donors (Lipinski definition) is 1. The first-order valence-electron chi connectivity index (χ1n) is 8.75. The Balaban J connectivity index is 1.93. The number of ketones is 1. The largest absolute Gasteiger partial charge is 0.335 e. The summed E-state index contributed by atoms with van der Waals surface area (Å²) in [6.07, 6.45) is 7.76. The number of terminal acetylenes is 1. The standard InChI is InChI=1S/C20H24F2N2O2/c1-4-19(2,3)24-18(26)17-13-15(7-10-23-17)12-16(25)11-14-5-8-20(21,22)9-6-14/h1,7,10,13-14H,5-6,8-9,11-12H2,2-3H3,(H,24,26). The van der Waals surface area contributed by atoms with Crippen LogP contribution in [0, 0.1) is 18.3 Å². The van der Waals surface area contributed by atoms with E-state index in [0.29, 0.717) is 24.8 Å². The van der Waals surface area contributed by atoms with Crippen LogP contribution in [0.5, 0.6) is 0 Å². The number of nitrogens with one attached hydrogen (secondary N) is 1. The second-order valence-electron chi connectivity index (χ2n) is 7.49. The fraction of sp³-hybridized carbons (Fsp3) is 0.550. The fourth-order valence-electron chi connectivity index (χ4n) is 3.02. The van der Waals surface area contributed by atoms with Gasteiger partial charge in [0.1, 0.15) is 11.5 Å². The third-order valence-electron chi connectivity index (χ3n) is 4.60. The molecule has 0 saturated heterocycles. The number of aromatic nitrogens is 1. The first-order valence-corrected chi connectivity index (χ1v) is 8.75. The Hall–Kier alpha value is -2.29. The van der Waals surface area contributed by atoms with Gasteiger partial charge < -0.3 is 5.32 Å². The monoisotopic (exact) mass is 362 g/mol. The molecule has 6 heteroatoms. The maximum Gasteiger partial charge on any atom is 0.271 e. The van der Waals surface area contributed by atoms with Crippen molar-refractivity contribution in [1.29, 1.82) is 0 Å². The van der Waals surface area contributed by atoms with Crippen molar-refractivity contribution in [2.24, 2.45) is 5.92 Å². The molecule has 1 heterocycles. The highest BCUT2D eigenvalue weighted by atomic mass is 19.3. The van der Waals surface area contributed by atoms with E-state index in [0.717, 1.165) is 0 Å². The zero-order valence-corrected chi connectivity index (χ0v) is 15.1. The van der Waals surface area contributed by atoms with E-state index in [1.165, 1.54) is 6.20 Å². The molecule has 0 spiro atoms. The number of alkyl halides is 2. The molecule has 1 aromatic rings. The number of Topliss-reactive ketones (excluding diaryl/α,β-unsaturated/α-hetero) is 1. The van der Waals surface area contributed by atoms with Crippen molar-refractivity contribution in [1.82, 2.24) is 10.3 Å². The minimum atomic E-state index is -2.58. The number of hydrogen-bond acceptors (Lipinski definition) is 3. The highest BCUT2D eigenvalue weighted by molar-refractivity contribution is 5.93. The molecule has 0 atom stereocenters. The average molecular weight is 362 g/mol. The Morgan fingerprint density at radius 2 is 2.04 bits per heavy atom. The van der Waals surface area contributed by atoms with Crippen LogP contribution in [0.1, 0.15) is 62.0 Å². The van der Waals surface area contributed by atoms with Gasteiger partial charge in [-0.15, -0.1) is 6.42 Å². The van der Waals surface area contributed by atoms with E-state index in [1.54, 1.807) is 26.0 Å². The predicted octanol–water partition coefficient (Wildman–Crippen LogP) is 3.55. The molecule has 1 amide bonds. The van der Waals surface area contributed by atoms with Crippen molar-refractivity contribution in [2.45, 2.75) is 63.8 Å². The molecule has 0 unspecified atom stereocenters. The minimum absolute atomic E-state index is 0.0123. The fourth-order valence-corrected chi connectivity index (χ4v) is 3.02. The molecule has 1 fully saturated rings. The summed E-state index contributed by atoms with van der Waals surface area (Å²) in [7, 11) is 0. The second kappa shape index (κ2) is 7.94. The van der Waals surface area contributed by atoms with Gasteiger partial charge in [-0.1, -0.05) is 5.92 Å². The number of carbonyl (C=O) groups excluding carboxylic acids is 2. The van der Waals surface area contributed by atoms with Crippen LogP contribution in [-0.2, 0) is 11.2 Å². The summed E-state index contributed by atoms with van der Waals surface area (Å²) in [6, 6.07) is 3.24. The average Bonchev–Trinajstić information content (AvgIpc) is 2.56. The van der Waals surface area contributed by atoms with Crippen molar-refractivity contribution in [3.8, 4) is 12.3 Å². The Kier molecular flexibility index (Phi) is 6.12. The van der Waals surface area contributed by atoms with Crippen LogP contribution in [0.4, 0.5) is 8.78 Å². The van der Waals surface area contributed by atoms with Gasteiger partial charge >= 0.3 is 0 Å². The summed E-state index contributed by atoms with van der Waals surface area (Å²) in [5, 5.41) is 2.68. The predicted molar refractivity (Wildman–Crippen MR) is 94.8 cm³/mol. The van der Waals surface area contributed by atoms with Gasteiger partial charge in [0.15, 0.2) is 0 Å². The molecule has 1 saturated carbocycles. The van der Waals surface area contributed by atoms with Crippen molar-refractivity contribution in [3.05, 3.63) is 29.6 Å². The molecule has 26 heavy (non-hydrogen) atoms. The van der Waals surface area contributed by atoms with Crippen molar-refractivity contribution >= 4 is 11.7 Å². The normalized spacial score (nSPS) is 17.3. The number of halogens is 2. The van der Waals surface area contributed by atoms with Crippen LogP contribution in [0.15, 0.2) is 18.3 Å². The number of pyridine rings is 1. The summed E-state index contributed by atoms with van der Waals surface area (Å²) in [5.41, 5.74) is 0.0684. The van der Waals surface area contributed by atoms with Crippen LogP contribution in [0.3, 0.4) is 0 Å². The zero-order chi connectivity index (χ0) is 19.4. The van der Waals surface area contributed by atoms with Crippen LogP contribution in [0.2, 0.25) is 0 Å². The second-order valence-corrected chi connectivity index (χ2v) is 7.49. The molecule has 4 nitrogen and oxygen atoms in total. The van der Waals surface area contributed by atoms with Crippen LogP contribution < -0.4 is 5.32 Å². The summed E-state index contributed by atoms with van der Waals surface area (Å²) in [6.45, 7) is 3.40. The molecule has 0 radical (unpaired) electrons. The summed E-state index contributed by atoms with van der Waals surface area (Å²) in [4.78, 5) is 28.5. The number of rotatable bonds is 6. The number of amides is 1. The maximum absolute atomic E-state index is 13.2. The summed E-state index contributed by atoms with van der Waals surface area (Å²) < 4.78 is 26.4. The zero-order valence-electron chi connectivity index (χ0n) is 15.1. The third kappa shape index (κ3) is 5.91. The van der Waals surface area contributed by atoms with Crippen LogP contribution in [-0.4, -0.2) is 28.1 Å². The smallest absolute Gasteiger partial charge is 0.271 e. The third-order valence-corrected chi connectivity index (χ3v) is 4.60. The number of carbonyl (C=O) groups is 2. The molecule has 1 aliphatic rings. The van der Waals surface area contributed by atoms with E-state index in [1.807, 2.05) is 0 Å². The van der Waals surface area contributed by atoms with Gasteiger partial charge in [-0.05, 0) is 50.3 Å². The quantitative estimate of drug-likeness (QED) is 0.788. The van der Waals surface area contributed by atoms with Crippen molar-refractivity contribution in [3.63, 3.8) is 0 Å². The van der Waals surface area contributed by atoms with Gasteiger partial charge in [0.05, 0.1) is 5.54 Å². The topological polar surface area (TPSA) is 59.1 Å². The SMILES string of the molecule is C#CC(C)(C)NC(=O)c1cc(CC(=O)CC2CCC(F)(F)CC2)ccn1. The molecular weight excluding hydrogens is 338 g/mol. The number of nitrogens with zero attached hydrogens (tertiary/aromatic N) is 1. The molecule has 1 aliphatic carbocycles. The van der Waals surface area contributed by atoms with Gasteiger partial charge in [0, 0.05) is 31.9 Å². The van der Waals surface area contributed by atoms with Crippen molar-refractivity contribution in [2.75, 3.05) is 0 Å². The van der Waals surface area contributed by atoms with Gasteiger partial charge in [0.25, 0.3) is 5.91 Å². The summed E-state index contributed by atoms with van der Waals surface area (Å²) in [5.74, 6) is -0.513. The maximum atomic E-state index is 13.2. The van der Waals surface area contributed by atoms with Crippen LogP contribution in [0.25, 0.3) is 0 Å². The highest BCUT2D eigenvalue weighted by Gasteiger charge is 2.35. The molecule has 1 N–H and O–H groups in total. The van der Waals surface area contributed by atoms with Crippen molar-refractivity contribution < 1.29 is 18.4 Å². The Morgan fingerprint density at radius 3 is 2.65 bits per heavy atom. The van der Waals surface area contributed by atoms with E-state index in [9.17, 15) is 18.4 Å². The lowest BCUT2D eigenvalue weighted by Gasteiger charge is -2.27. The van der Waals surface area contributed by atoms with E-state index in [-0.39, 0.29) is 36.7 Å². The molecule has 0 bridgehead atoms. The van der Waals surface area contributed by atoms with Gasteiger partial charge in [-0.25, -0.2) is 8.78 Å². The highest BCUT2D eigenvalue weighted by Crippen LogP contribution is 2.37. The van der Waals surface area contributed by atoms with E-state index < -0.39 is 17.4 Å². The van der Waals surface area contributed by atoms with E-state index >= 15 is 0 Å². The first kappa shape index (κ1) is 20.0. The lowest BCUT2D eigenvalue weighted by atomic mass is 9.83. The van der Waals surface area contributed by atoms with Crippen LogP contribution >= 0.6 is 0 Å². The lowest BCUT2D eigenvalue weighted by Crippen LogP contribution is -2.42. The lowest BCUT2D eigenvalue weighted by molar-refractivity contribution is -0.120. The molecule has 140 valence electrons. The first-order chi connectivity index (χ1) is 12.1. The Labute approximate surface area is 152 Å². The molecular formula is C20H24F2N2O2. The molecule has 2 rings (SSSR count). The minimum Gasteiger partial charge on any atom is -0.335 e. The Bertz CT molecular complexity index is 713. The molecule has 1 aromatic heterocycles. The molecule has 0 aromatic carbocycles. The Morgan fingerprint density at radius 1 is 1.38 bits per heavy atom. The molecule has 0 aliphatic heterocycles. The van der Waals surface area contributed by atoms with Gasteiger partial charge in [-0.2, -0.15) is 0 Å².